The van der Waals surface area contributed by atoms with E-state index >= 15 is 0 Å². The van der Waals surface area contributed by atoms with Crippen LogP contribution in [0.15, 0.2) is 54.1 Å². The van der Waals surface area contributed by atoms with Gasteiger partial charge in [0.25, 0.3) is 5.79 Å². The van der Waals surface area contributed by atoms with Gasteiger partial charge >= 0.3 is 0 Å². The van der Waals surface area contributed by atoms with Gasteiger partial charge in [0.15, 0.2) is 23.3 Å². The van der Waals surface area contributed by atoms with E-state index in [1.807, 2.05) is 24.3 Å². The largest absolute Gasteiger partial charge is 0.448 e. The molecule has 0 saturated heterocycles. The van der Waals surface area contributed by atoms with Gasteiger partial charge in [0.2, 0.25) is 5.82 Å². The molecule has 1 N–H and O–H groups in total. The summed E-state index contributed by atoms with van der Waals surface area (Å²) in [5.41, 5.74) is 1.20. The molecule has 3 atom stereocenters. The molecule has 1 spiro atoms. The molecule has 0 radical (unpaired) electrons. The van der Waals surface area contributed by atoms with Gasteiger partial charge in [-0.15, -0.1) is 0 Å². The molecule has 8 heteroatoms. The number of rotatable bonds is 2. The highest BCUT2D eigenvalue weighted by molar-refractivity contribution is 5.66. The van der Waals surface area contributed by atoms with E-state index < -0.39 is 52.5 Å². The lowest BCUT2D eigenvalue weighted by Crippen LogP contribution is -2.54. The average Bonchev–Trinajstić information content (AvgIpc) is 3.19. The number of hydrogen-bond donors (Lipinski definition) is 1. The Bertz CT molecular complexity index is 1310. The lowest BCUT2D eigenvalue weighted by molar-refractivity contribution is -0.128. The van der Waals surface area contributed by atoms with E-state index in [0.717, 1.165) is 11.1 Å². The first-order valence-electron chi connectivity index (χ1n) is 10.5. The molecule has 1 aliphatic carbocycles. The van der Waals surface area contributed by atoms with Gasteiger partial charge in [-0.1, -0.05) is 36.4 Å². The number of fused-ring (bicyclic) bond motifs is 2. The SMILES string of the molecule is Fc1c(F)c(F)c(N[C@@H]2c3ccccc3O[C@@]34Oc5ccccc5C=C3CC[C@@H]24)c(F)c1F. The van der Waals surface area contributed by atoms with Crippen LogP contribution in [-0.2, 0) is 0 Å². The summed E-state index contributed by atoms with van der Waals surface area (Å²) in [7, 11) is 0. The Morgan fingerprint density at radius 1 is 0.758 bits per heavy atom. The number of para-hydroxylation sites is 2. The second-order valence-corrected chi connectivity index (χ2v) is 8.33. The maximum Gasteiger partial charge on any atom is 0.279 e. The van der Waals surface area contributed by atoms with Crippen molar-refractivity contribution in [2.24, 2.45) is 5.92 Å². The molecule has 0 unspecified atom stereocenters. The van der Waals surface area contributed by atoms with Gasteiger partial charge in [-0.2, -0.15) is 0 Å². The second-order valence-electron chi connectivity index (χ2n) is 8.33. The summed E-state index contributed by atoms with van der Waals surface area (Å²) in [6, 6.07) is 13.4. The van der Waals surface area contributed by atoms with Crippen molar-refractivity contribution < 1.29 is 31.4 Å². The standard InChI is InChI=1S/C25H16F5NO2/c26-18-19(27)21(29)24(22(30)20(18)28)31-23-14-6-2-4-8-17(14)33-25-13(9-10-15(23)25)11-12-5-1-3-7-16(12)32-25/h1-8,11,15,23,31H,9-10H2/t15-,23+,25-/m0/s1. The topological polar surface area (TPSA) is 30.5 Å². The lowest BCUT2D eigenvalue weighted by Gasteiger charge is -2.46. The molecule has 3 aromatic rings. The van der Waals surface area contributed by atoms with Gasteiger partial charge in [0.1, 0.15) is 17.2 Å². The molecule has 0 bridgehead atoms. The summed E-state index contributed by atoms with van der Waals surface area (Å²) in [6.07, 6.45) is 3.08. The Labute approximate surface area is 185 Å². The molecule has 3 aliphatic rings. The zero-order valence-electron chi connectivity index (χ0n) is 17.0. The molecule has 2 aliphatic heterocycles. The summed E-state index contributed by atoms with van der Waals surface area (Å²) in [4.78, 5) is 0. The van der Waals surface area contributed by atoms with Gasteiger partial charge in [-0.25, -0.2) is 22.0 Å². The van der Waals surface area contributed by atoms with Crippen LogP contribution in [0.4, 0.5) is 27.6 Å². The van der Waals surface area contributed by atoms with Crippen LogP contribution in [0.25, 0.3) is 6.08 Å². The van der Waals surface area contributed by atoms with Crippen molar-refractivity contribution in [3.05, 3.63) is 94.3 Å². The summed E-state index contributed by atoms with van der Waals surface area (Å²) >= 11 is 0. The van der Waals surface area contributed by atoms with Crippen LogP contribution < -0.4 is 14.8 Å². The predicted octanol–water partition coefficient (Wildman–Crippen LogP) is 6.51. The molecule has 0 aromatic heterocycles. The first-order valence-corrected chi connectivity index (χ1v) is 10.5. The highest BCUT2D eigenvalue weighted by Gasteiger charge is 2.59. The number of ether oxygens (including phenoxy) is 2. The van der Waals surface area contributed by atoms with Gasteiger partial charge in [0, 0.05) is 16.7 Å². The molecule has 6 rings (SSSR count). The molecule has 1 fully saturated rings. The van der Waals surface area contributed by atoms with E-state index in [2.05, 4.69) is 5.32 Å². The van der Waals surface area contributed by atoms with Crippen molar-refractivity contribution in [2.75, 3.05) is 5.32 Å². The van der Waals surface area contributed by atoms with E-state index in [4.69, 9.17) is 9.47 Å². The Balaban J connectivity index is 1.50. The van der Waals surface area contributed by atoms with Gasteiger partial charge in [-0.3, -0.25) is 0 Å². The molecule has 3 nitrogen and oxygen atoms in total. The third kappa shape index (κ3) is 2.73. The number of halogens is 5. The molecular formula is C25H16F5NO2. The zero-order valence-corrected chi connectivity index (χ0v) is 17.0. The third-order valence-corrected chi connectivity index (χ3v) is 6.60. The first-order chi connectivity index (χ1) is 15.9. The van der Waals surface area contributed by atoms with Crippen molar-refractivity contribution in [1.82, 2.24) is 0 Å². The fourth-order valence-corrected chi connectivity index (χ4v) is 5.10. The summed E-state index contributed by atoms with van der Waals surface area (Å²) in [5.74, 6) is -10.8. The maximum absolute atomic E-state index is 14.5. The van der Waals surface area contributed by atoms with Gasteiger partial charge in [0.05, 0.1) is 12.0 Å². The van der Waals surface area contributed by atoms with Gasteiger partial charge < -0.3 is 14.8 Å². The van der Waals surface area contributed by atoms with Crippen molar-refractivity contribution in [3.8, 4) is 11.5 Å². The van der Waals surface area contributed by atoms with Crippen LogP contribution in [0.5, 0.6) is 11.5 Å². The normalized spacial score (nSPS) is 24.5. The number of hydrogen-bond acceptors (Lipinski definition) is 3. The minimum absolute atomic E-state index is 0.405. The van der Waals surface area contributed by atoms with E-state index in [-0.39, 0.29) is 0 Å². The molecule has 33 heavy (non-hydrogen) atoms. The van der Waals surface area contributed by atoms with Crippen LogP contribution in [0.3, 0.4) is 0 Å². The number of benzene rings is 3. The minimum atomic E-state index is -2.20. The number of anilines is 1. The summed E-state index contributed by atoms with van der Waals surface area (Å²) in [5, 5.41) is 2.62. The van der Waals surface area contributed by atoms with Crippen molar-refractivity contribution in [1.29, 1.82) is 0 Å². The summed E-state index contributed by atoms with van der Waals surface area (Å²) in [6.45, 7) is 0. The highest BCUT2D eigenvalue weighted by Crippen LogP contribution is 2.58. The van der Waals surface area contributed by atoms with Crippen LogP contribution in [0.2, 0.25) is 0 Å². The number of nitrogens with one attached hydrogen (secondary N) is 1. The minimum Gasteiger partial charge on any atom is -0.448 e. The summed E-state index contributed by atoms with van der Waals surface area (Å²) < 4.78 is 83.2. The highest BCUT2D eigenvalue weighted by atomic mass is 19.2. The van der Waals surface area contributed by atoms with Crippen LogP contribution in [0.1, 0.15) is 30.0 Å². The van der Waals surface area contributed by atoms with E-state index in [1.54, 1.807) is 30.3 Å². The molecule has 3 aromatic carbocycles. The fourth-order valence-electron chi connectivity index (χ4n) is 5.10. The van der Waals surface area contributed by atoms with Crippen molar-refractivity contribution >= 4 is 11.8 Å². The van der Waals surface area contributed by atoms with Crippen molar-refractivity contribution in [3.63, 3.8) is 0 Å². The van der Waals surface area contributed by atoms with E-state index in [1.165, 1.54) is 0 Å². The monoisotopic (exact) mass is 457 g/mol. The van der Waals surface area contributed by atoms with E-state index in [9.17, 15) is 22.0 Å². The first kappa shape index (κ1) is 20.1. The van der Waals surface area contributed by atoms with Crippen LogP contribution in [0, 0.1) is 35.0 Å². The smallest absolute Gasteiger partial charge is 0.279 e. The fraction of sp³-hybridized carbons (Fsp3) is 0.200. The molecular weight excluding hydrogens is 441 g/mol. The quantitative estimate of drug-likeness (QED) is 0.270. The van der Waals surface area contributed by atoms with Crippen LogP contribution in [-0.4, -0.2) is 5.79 Å². The Morgan fingerprint density at radius 2 is 1.36 bits per heavy atom. The molecule has 2 heterocycles. The molecule has 168 valence electrons. The lowest BCUT2D eigenvalue weighted by atomic mass is 9.82. The maximum atomic E-state index is 14.5. The second kappa shape index (κ2) is 6.97. The van der Waals surface area contributed by atoms with E-state index in [0.29, 0.717) is 29.9 Å². The predicted molar refractivity (Wildman–Crippen MR) is 110 cm³/mol. The Hall–Kier alpha value is -3.55. The average molecular weight is 457 g/mol. The zero-order chi connectivity index (χ0) is 22.9. The Morgan fingerprint density at radius 3 is 2.12 bits per heavy atom. The Kier molecular flexibility index (Phi) is 4.24. The van der Waals surface area contributed by atoms with Crippen molar-refractivity contribution in [2.45, 2.75) is 24.7 Å². The molecule has 0 amide bonds. The molecule has 1 saturated carbocycles. The van der Waals surface area contributed by atoms with Gasteiger partial charge in [-0.05, 0) is 31.1 Å². The van der Waals surface area contributed by atoms with Crippen LogP contribution >= 0.6 is 0 Å². The third-order valence-electron chi connectivity index (χ3n) is 6.60.